The van der Waals surface area contributed by atoms with Crippen LogP contribution in [0.2, 0.25) is 0 Å². The van der Waals surface area contributed by atoms with Gasteiger partial charge in [-0.25, -0.2) is 9.97 Å². The molecular formula is C22H24N4O. The van der Waals surface area contributed by atoms with E-state index < -0.39 is 0 Å². The van der Waals surface area contributed by atoms with E-state index in [-0.39, 0.29) is 5.91 Å². The Kier molecular flexibility index (Phi) is 5.50. The Labute approximate surface area is 159 Å². The lowest BCUT2D eigenvalue weighted by Crippen LogP contribution is -2.15. The summed E-state index contributed by atoms with van der Waals surface area (Å²) in [5, 5.41) is 6.11. The van der Waals surface area contributed by atoms with Crippen LogP contribution in [0.25, 0.3) is 0 Å². The van der Waals surface area contributed by atoms with E-state index in [0.29, 0.717) is 23.3 Å². The van der Waals surface area contributed by atoms with E-state index in [4.69, 9.17) is 0 Å². The summed E-state index contributed by atoms with van der Waals surface area (Å²) in [5.41, 5.74) is 4.39. The molecule has 0 aliphatic heterocycles. The van der Waals surface area contributed by atoms with Crippen molar-refractivity contribution in [3.05, 3.63) is 77.2 Å². The molecule has 0 spiro atoms. The van der Waals surface area contributed by atoms with E-state index in [1.54, 1.807) is 13.0 Å². The van der Waals surface area contributed by atoms with Crippen LogP contribution < -0.4 is 10.6 Å². The molecule has 0 saturated carbocycles. The standard InChI is InChI=1S/C22H24N4O/c1-14(2)17-7-11-18(12-8-17)25-21-13-20(23-16(4)24-21)22(27)26-19-9-5-15(3)6-10-19/h5-14H,1-4H3,(H,26,27)(H,23,24,25). The average molecular weight is 360 g/mol. The summed E-state index contributed by atoms with van der Waals surface area (Å²) in [5.74, 6) is 1.35. The first-order valence-corrected chi connectivity index (χ1v) is 9.01. The van der Waals surface area contributed by atoms with Crippen LogP contribution in [0.15, 0.2) is 54.6 Å². The smallest absolute Gasteiger partial charge is 0.274 e. The van der Waals surface area contributed by atoms with Crippen LogP contribution in [0.4, 0.5) is 17.2 Å². The number of carbonyl (C=O) groups excluding carboxylic acids is 1. The van der Waals surface area contributed by atoms with Crippen LogP contribution >= 0.6 is 0 Å². The van der Waals surface area contributed by atoms with Crippen molar-refractivity contribution in [2.24, 2.45) is 0 Å². The third-order valence-electron chi connectivity index (χ3n) is 4.23. The Balaban J connectivity index is 1.77. The first-order valence-electron chi connectivity index (χ1n) is 9.01. The number of carbonyl (C=O) groups is 1. The number of benzene rings is 2. The number of nitrogens with zero attached hydrogens (tertiary/aromatic N) is 2. The molecule has 1 aromatic heterocycles. The summed E-state index contributed by atoms with van der Waals surface area (Å²) in [6, 6.07) is 17.5. The van der Waals surface area contributed by atoms with Crippen LogP contribution in [0.5, 0.6) is 0 Å². The molecule has 2 aromatic carbocycles. The van der Waals surface area contributed by atoms with Gasteiger partial charge in [0, 0.05) is 17.4 Å². The molecule has 3 rings (SSSR count). The van der Waals surface area contributed by atoms with Gasteiger partial charge in [0.15, 0.2) is 0 Å². The number of amides is 1. The molecule has 0 aliphatic rings. The first kappa shape index (κ1) is 18.6. The maximum absolute atomic E-state index is 12.5. The fraction of sp³-hybridized carbons (Fsp3) is 0.227. The van der Waals surface area contributed by atoms with Gasteiger partial charge in [0.2, 0.25) is 0 Å². The highest BCUT2D eigenvalue weighted by atomic mass is 16.1. The maximum atomic E-state index is 12.5. The van der Waals surface area contributed by atoms with Crippen LogP contribution in [0.1, 0.15) is 47.2 Å². The molecule has 2 N–H and O–H groups in total. The van der Waals surface area contributed by atoms with Crippen LogP contribution in [-0.4, -0.2) is 15.9 Å². The molecule has 0 unspecified atom stereocenters. The number of hydrogen-bond acceptors (Lipinski definition) is 4. The van der Waals surface area contributed by atoms with E-state index in [1.807, 2.05) is 43.3 Å². The van der Waals surface area contributed by atoms with Crippen molar-refractivity contribution in [2.75, 3.05) is 10.6 Å². The topological polar surface area (TPSA) is 66.9 Å². The molecule has 0 atom stereocenters. The van der Waals surface area contributed by atoms with Crippen molar-refractivity contribution in [1.29, 1.82) is 0 Å². The van der Waals surface area contributed by atoms with E-state index >= 15 is 0 Å². The number of hydrogen-bond donors (Lipinski definition) is 2. The lowest BCUT2D eigenvalue weighted by Gasteiger charge is -2.11. The van der Waals surface area contributed by atoms with Gasteiger partial charge in [0.05, 0.1) is 0 Å². The van der Waals surface area contributed by atoms with E-state index in [9.17, 15) is 4.79 Å². The summed E-state index contributed by atoms with van der Waals surface area (Å²) in [6.07, 6.45) is 0. The molecule has 0 aliphatic carbocycles. The fourth-order valence-corrected chi connectivity index (χ4v) is 2.68. The minimum absolute atomic E-state index is 0.262. The number of aryl methyl sites for hydroxylation is 2. The van der Waals surface area contributed by atoms with Gasteiger partial charge in [0.25, 0.3) is 5.91 Å². The molecule has 138 valence electrons. The lowest BCUT2D eigenvalue weighted by atomic mass is 10.0. The maximum Gasteiger partial charge on any atom is 0.274 e. The second-order valence-corrected chi connectivity index (χ2v) is 6.91. The minimum Gasteiger partial charge on any atom is -0.340 e. The van der Waals surface area contributed by atoms with Crippen molar-refractivity contribution in [3.8, 4) is 0 Å². The average Bonchev–Trinajstić information content (AvgIpc) is 2.63. The molecular weight excluding hydrogens is 336 g/mol. The molecule has 5 heteroatoms. The molecule has 1 amide bonds. The largest absolute Gasteiger partial charge is 0.340 e. The number of rotatable bonds is 5. The number of aromatic nitrogens is 2. The summed E-state index contributed by atoms with van der Waals surface area (Å²) < 4.78 is 0. The first-order chi connectivity index (χ1) is 12.9. The fourth-order valence-electron chi connectivity index (χ4n) is 2.68. The molecule has 3 aromatic rings. The predicted octanol–water partition coefficient (Wildman–Crippen LogP) is 5.21. The van der Waals surface area contributed by atoms with Crippen molar-refractivity contribution in [1.82, 2.24) is 9.97 Å². The normalized spacial score (nSPS) is 10.7. The van der Waals surface area contributed by atoms with E-state index in [0.717, 1.165) is 16.9 Å². The Morgan fingerprint density at radius 2 is 1.52 bits per heavy atom. The minimum atomic E-state index is -0.262. The Hall–Kier alpha value is -3.21. The second-order valence-electron chi connectivity index (χ2n) is 6.91. The van der Waals surface area contributed by atoms with E-state index in [2.05, 4.69) is 46.6 Å². The molecule has 0 saturated heterocycles. The zero-order valence-electron chi connectivity index (χ0n) is 16.1. The quantitative estimate of drug-likeness (QED) is 0.655. The third kappa shape index (κ3) is 4.91. The third-order valence-corrected chi connectivity index (χ3v) is 4.23. The highest BCUT2D eigenvalue weighted by molar-refractivity contribution is 6.03. The van der Waals surface area contributed by atoms with Crippen LogP contribution in [0, 0.1) is 13.8 Å². The summed E-state index contributed by atoms with van der Waals surface area (Å²) >= 11 is 0. The molecule has 0 radical (unpaired) electrons. The van der Waals surface area contributed by atoms with Gasteiger partial charge >= 0.3 is 0 Å². The van der Waals surface area contributed by atoms with Gasteiger partial charge in [-0.1, -0.05) is 43.7 Å². The van der Waals surface area contributed by atoms with Crippen LogP contribution in [-0.2, 0) is 0 Å². The van der Waals surface area contributed by atoms with Crippen LogP contribution in [0.3, 0.4) is 0 Å². The number of anilines is 3. The monoisotopic (exact) mass is 360 g/mol. The Bertz CT molecular complexity index is 932. The highest BCUT2D eigenvalue weighted by Gasteiger charge is 2.11. The molecule has 5 nitrogen and oxygen atoms in total. The van der Waals surface area contributed by atoms with Gasteiger partial charge in [-0.15, -0.1) is 0 Å². The zero-order chi connectivity index (χ0) is 19.4. The van der Waals surface area contributed by atoms with Gasteiger partial charge in [0.1, 0.15) is 17.3 Å². The number of nitrogens with one attached hydrogen (secondary N) is 2. The molecule has 0 fully saturated rings. The lowest BCUT2D eigenvalue weighted by molar-refractivity contribution is 0.102. The molecule has 27 heavy (non-hydrogen) atoms. The summed E-state index contributed by atoms with van der Waals surface area (Å²) in [7, 11) is 0. The Morgan fingerprint density at radius 1 is 0.889 bits per heavy atom. The van der Waals surface area contributed by atoms with Gasteiger partial charge in [-0.2, -0.15) is 0 Å². The van der Waals surface area contributed by atoms with Crippen molar-refractivity contribution in [3.63, 3.8) is 0 Å². The van der Waals surface area contributed by atoms with Crippen molar-refractivity contribution in [2.45, 2.75) is 33.6 Å². The van der Waals surface area contributed by atoms with Crippen molar-refractivity contribution < 1.29 is 4.79 Å². The second kappa shape index (κ2) is 7.99. The van der Waals surface area contributed by atoms with Gasteiger partial charge in [-0.05, 0) is 49.6 Å². The molecule has 0 bridgehead atoms. The molecule has 1 heterocycles. The van der Waals surface area contributed by atoms with Gasteiger partial charge in [-0.3, -0.25) is 4.79 Å². The summed E-state index contributed by atoms with van der Waals surface area (Å²) in [6.45, 7) is 8.10. The van der Waals surface area contributed by atoms with Gasteiger partial charge < -0.3 is 10.6 Å². The SMILES string of the molecule is Cc1ccc(NC(=O)c2cc(Nc3ccc(C(C)C)cc3)nc(C)n2)cc1. The van der Waals surface area contributed by atoms with Crippen molar-refractivity contribution >= 4 is 23.1 Å². The highest BCUT2D eigenvalue weighted by Crippen LogP contribution is 2.20. The Morgan fingerprint density at radius 3 is 2.15 bits per heavy atom. The zero-order valence-corrected chi connectivity index (χ0v) is 16.1. The summed E-state index contributed by atoms with van der Waals surface area (Å²) in [4.78, 5) is 21.2. The predicted molar refractivity (Wildman–Crippen MR) is 110 cm³/mol. The van der Waals surface area contributed by atoms with E-state index in [1.165, 1.54) is 5.56 Å².